The van der Waals surface area contributed by atoms with E-state index in [2.05, 4.69) is 67.2 Å². The molecule has 0 aliphatic carbocycles. The van der Waals surface area contributed by atoms with Crippen molar-refractivity contribution >= 4 is 5.71 Å². The van der Waals surface area contributed by atoms with Crippen molar-refractivity contribution in [3.8, 4) is 0 Å². The molecule has 4 nitrogen and oxygen atoms in total. The highest BCUT2D eigenvalue weighted by Crippen LogP contribution is 2.38. The Hall–Kier alpha value is -0.870. The summed E-state index contributed by atoms with van der Waals surface area (Å²) in [6, 6.07) is 0. The van der Waals surface area contributed by atoms with Crippen LogP contribution < -0.4 is 0 Å². The monoisotopic (exact) mass is 322 g/mol. The van der Waals surface area contributed by atoms with Gasteiger partial charge in [0.05, 0.1) is 18.3 Å². The van der Waals surface area contributed by atoms with Crippen LogP contribution in [0.25, 0.3) is 0 Å². The summed E-state index contributed by atoms with van der Waals surface area (Å²) in [5, 5.41) is 0. The molecule has 0 aromatic carbocycles. The molecule has 1 saturated heterocycles. The quantitative estimate of drug-likeness (QED) is 0.780. The van der Waals surface area contributed by atoms with Crippen LogP contribution in [0.2, 0.25) is 0 Å². The van der Waals surface area contributed by atoms with Gasteiger partial charge in [0.15, 0.2) is 0 Å². The van der Waals surface area contributed by atoms with Gasteiger partial charge in [-0.2, -0.15) is 0 Å². The van der Waals surface area contributed by atoms with Gasteiger partial charge in [0, 0.05) is 17.3 Å². The van der Waals surface area contributed by atoms with Gasteiger partial charge in [-0.05, 0) is 60.0 Å². The third-order valence-electron chi connectivity index (χ3n) is 5.39. The van der Waals surface area contributed by atoms with Crippen molar-refractivity contribution in [2.75, 3.05) is 6.61 Å². The Balaban J connectivity index is 2.15. The van der Waals surface area contributed by atoms with Gasteiger partial charge >= 0.3 is 0 Å². The summed E-state index contributed by atoms with van der Waals surface area (Å²) in [4.78, 5) is 7.13. The Labute approximate surface area is 141 Å². The Morgan fingerprint density at radius 3 is 2.26 bits per heavy atom. The Bertz CT molecular complexity index is 504. The standard InChI is InChI=1S/C19H34N2O2/c1-11-12(2)18(23-17(11)10-22-19(7,8)9)21-15(5)13(3)14(4)20-16(21)6/h11-12,16-18H,10H2,1-9H3/t11-,12?,16?,17-,18-/m1/s1. The number of nitrogens with zero attached hydrogens (tertiary/aromatic N) is 2. The van der Waals surface area contributed by atoms with E-state index in [9.17, 15) is 0 Å². The van der Waals surface area contributed by atoms with Gasteiger partial charge < -0.3 is 14.4 Å². The molecule has 2 rings (SSSR count). The highest BCUT2D eigenvalue weighted by molar-refractivity contribution is 5.98. The van der Waals surface area contributed by atoms with E-state index >= 15 is 0 Å². The summed E-state index contributed by atoms with van der Waals surface area (Å²) in [5.41, 5.74) is 3.56. The van der Waals surface area contributed by atoms with Crippen molar-refractivity contribution in [1.82, 2.24) is 4.90 Å². The van der Waals surface area contributed by atoms with E-state index in [4.69, 9.17) is 14.5 Å². The average molecular weight is 322 g/mol. The van der Waals surface area contributed by atoms with Crippen LogP contribution in [-0.4, -0.2) is 41.3 Å². The van der Waals surface area contributed by atoms with E-state index < -0.39 is 0 Å². The molecular weight excluding hydrogens is 288 g/mol. The topological polar surface area (TPSA) is 34.1 Å². The van der Waals surface area contributed by atoms with Crippen LogP contribution in [0.1, 0.15) is 62.3 Å². The van der Waals surface area contributed by atoms with Crippen molar-refractivity contribution in [3.63, 3.8) is 0 Å². The Kier molecular flexibility index (Phi) is 5.27. The first-order chi connectivity index (χ1) is 10.5. The first-order valence-electron chi connectivity index (χ1n) is 8.83. The van der Waals surface area contributed by atoms with Crippen molar-refractivity contribution in [3.05, 3.63) is 11.3 Å². The molecule has 0 aromatic heterocycles. The first kappa shape index (κ1) is 18.5. The molecule has 23 heavy (non-hydrogen) atoms. The number of aliphatic imine (C=N–C) groups is 1. The van der Waals surface area contributed by atoms with E-state index in [-0.39, 0.29) is 24.1 Å². The fraction of sp³-hybridized carbons (Fsp3) is 0.842. The molecule has 0 radical (unpaired) electrons. The lowest BCUT2D eigenvalue weighted by atomic mass is 9.91. The number of allylic oxidation sites excluding steroid dienone is 2. The van der Waals surface area contributed by atoms with Gasteiger partial charge in [-0.15, -0.1) is 0 Å². The minimum absolute atomic E-state index is 0.0698. The maximum atomic E-state index is 6.44. The minimum atomic E-state index is -0.128. The first-order valence-corrected chi connectivity index (χ1v) is 8.83. The van der Waals surface area contributed by atoms with E-state index in [1.807, 2.05) is 0 Å². The second-order valence-electron chi connectivity index (χ2n) is 8.17. The lowest BCUT2D eigenvalue weighted by molar-refractivity contribution is -0.110. The summed E-state index contributed by atoms with van der Waals surface area (Å²) in [6.07, 6.45) is 0.336. The largest absolute Gasteiger partial charge is 0.373 e. The molecule has 2 aliphatic rings. The number of hydrogen-bond donors (Lipinski definition) is 0. The molecule has 0 N–H and O–H groups in total. The summed E-state index contributed by atoms with van der Waals surface area (Å²) in [5.74, 6) is 0.914. The number of rotatable bonds is 3. The number of hydrogen-bond acceptors (Lipinski definition) is 4. The molecule has 0 aromatic rings. The van der Waals surface area contributed by atoms with Crippen molar-refractivity contribution in [2.45, 2.75) is 86.4 Å². The van der Waals surface area contributed by atoms with Crippen molar-refractivity contribution in [1.29, 1.82) is 0 Å². The third-order valence-corrected chi connectivity index (χ3v) is 5.39. The lowest BCUT2D eigenvalue weighted by Crippen LogP contribution is -2.45. The van der Waals surface area contributed by atoms with E-state index in [0.29, 0.717) is 18.4 Å². The van der Waals surface area contributed by atoms with Crippen LogP contribution in [0.5, 0.6) is 0 Å². The molecule has 4 heteroatoms. The zero-order chi connectivity index (χ0) is 17.5. The third kappa shape index (κ3) is 3.80. The Morgan fingerprint density at radius 2 is 1.70 bits per heavy atom. The average Bonchev–Trinajstić information content (AvgIpc) is 2.70. The van der Waals surface area contributed by atoms with Crippen LogP contribution >= 0.6 is 0 Å². The lowest BCUT2D eigenvalue weighted by Gasteiger charge is -2.40. The fourth-order valence-corrected chi connectivity index (χ4v) is 3.45. The maximum absolute atomic E-state index is 6.44. The highest BCUT2D eigenvalue weighted by atomic mass is 16.6. The SMILES string of the molecule is CC1=NC(C)N([C@@H]2O[C@H](COC(C)(C)C)[C@H](C)C2C)C(C)=C1C. The van der Waals surface area contributed by atoms with E-state index in [1.54, 1.807) is 0 Å². The maximum Gasteiger partial charge on any atom is 0.134 e. The smallest absolute Gasteiger partial charge is 0.134 e. The highest BCUT2D eigenvalue weighted by Gasteiger charge is 2.44. The summed E-state index contributed by atoms with van der Waals surface area (Å²) in [7, 11) is 0. The molecule has 5 atom stereocenters. The molecule has 0 spiro atoms. The van der Waals surface area contributed by atoms with Crippen LogP contribution in [0.3, 0.4) is 0 Å². The van der Waals surface area contributed by atoms with Gasteiger partial charge in [0.2, 0.25) is 0 Å². The van der Waals surface area contributed by atoms with Gasteiger partial charge in [0.25, 0.3) is 0 Å². The zero-order valence-electron chi connectivity index (χ0n) is 16.3. The van der Waals surface area contributed by atoms with Gasteiger partial charge in [-0.3, -0.25) is 4.99 Å². The molecule has 0 bridgehead atoms. The van der Waals surface area contributed by atoms with Crippen LogP contribution in [0.15, 0.2) is 16.3 Å². The van der Waals surface area contributed by atoms with Gasteiger partial charge in [-0.1, -0.05) is 13.8 Å². The normalized spacial score (nSPS) is 35.8. The van der Waals surface area contributed by atoms with Gasteiger partial charge in [0.1, 0.15) is 12.4 Å². The van der Waals surface area contributed by atoms with Crippen LogP contribution in [0, 0.1) is 11.8 Å². The Morgan fingerprint density at radius 1 is 1.09 bits per heavy atom. The second-order valence-corrected chi connectivity index (χ2v) is 8.17. The predicted octanol–water partition coefficient (Wildman–Crippen LogP) is 4.22. The summed E-state index contributed by atoms with van der Waals surface area (Å²) in [6.45, 7) is 20.1. The summed E-state index contributed by atoms with van der Waals surface area (Å²) >= 11 is 0. The molecule has 2 unspecified atom stereocenters. The van der Waals surface area contributed by atoms with E-state index in [1.165, 1.54) is 11.3 Å². The molecule has 0 amide bonds. The minimum Gasteiger partial charge on any atom is -0.373 e. The van der Waals surface area contributed by atoms with Crippen LogP contribution in [0.4, 0.5) is 0 Å². The molecule has 2 heterocycles. The van der Waals surface area contributed by atoms with Crippen molar-refractivity contribution in [2.24, 2.45) is 16.8 Å². The molecule has 1 fully saturated rings. The van der Waals surface area contributed by atoms with Crippen molar-refractivity contribution < 1.29 is 9.47 Å². The number of ether oxygens (including phenoxy) is 2. The molecule has 0 saturated carbocycles. The fourth-order valence-electron chi connectivity index (χ4n) is 3.45. The summed E-state index contributed by atoms with van der Waals surface area (Å²) < 4.78 is 12.4. The molecular formula is C19H34N2O2. The van der Waals surface area contributed by atoms with Crippen LogP contribution in [-0.2, 0) is 9.47 Å². The zero-order valence-corrected chi connectivity index (χ0v) is 16.3. The van der Waals surface area contributed by atoms with E-state index in [0.717, 1.165) is 5.71 Å². The predicted molar refractivity (Wildman–Crippen MR) is 95.5 cm³/mol. The van der Waals surface area contributed by atoms with Gasteiger partial charge in [-0.25, -0.2) is 0 Å². The molecule has 2 aliphatic heterocycles. The molecule has 132 valence electrons. The second kappa shape index (κ2) is 6.56.